The van der Waals surface area contributed by atoms with Gasteiger partial charge in [0.2, 0.25) is 0 Å². The van der Waals surface area contributed by atoms with Gasteiger partial charge in [-0.15, -0.1) is 11.3 Å². The van der Waals surface area contributed by atoms with E-state index >= 15 is 0 Å². The first kappa shape index (κ1) is 21.1. The molecule has 3 rings (SSSR count). The quantitative estimate of drug-likeness (QED) is 0.600. The van der Waals surface area contributed by atoms with Gasteiger partial charge in [0.1, 0.15) is 27.7 Å². The first-order valence-corrected chi connectivity index (χ1v) is 9.51. The van der Waals surface area contributed by atoms with E-state index in [2.05, 4.69) is 15.0 Å². The second kappa shape index (κ2) is 8.03. The molecular formula is C19H20F3N3O3S. The third-order valence-electron chi connectivity index (χ3n) is 4.36. The van der Waals surface area contributed by atoms with Gasteiger partial charge >= 0.3 is 6.18 Å². The highest BCUT2D eigenvalue weighted by molar-refractivity contribution is 7.09. The van der Waals surface area contributed by atoms with Crippen LogP contribution >= 0.6 is 11.3 Å². The van der Waals surface area contributed by atoms with Crippen molar-refractivity contribution in [3.8, 4) is 11.5 Å². The van der Waals surface area contributed by atoms with Crippen molar-refractivity contribution in [2.45, 2.75) is 25.4 Å². The van der Waals surface area contributed by atoms with Gasteiger partial charge in [-0.3, -0.25) is 0 Å². The molecule has 0 spiro atoms. The van der Waals surface area contributed by atoms with E-state index in [0.717, 1.165) is 5.69 Å². The van der Waals surface area contributed by atoms with E-state index in [9.17, 15) is 18.3 Å². The second-order valence-electron chi connectivity index (χ2n) is 6.51. The number of rotatable bonds is 7. The fraction of sp³-hybridized carbons (Fsp3) is 0.368. The second-order valence-corrected chi connectivity index (χ2v) is 7.37. The Kier molecular flexibility index (Phi) is 5.85. The number of benzene rings is 1. The van der Waals surface area contributed by atoms with Crippen molar-refractivity contribution in [3.05, 3.63) is 57.6 Å². The van der Waals surface area contributed by atoms with Crippen LogP contribution in [-0.2, 0) is 5.41 Å². The van der Waals surface area contributed by atoms with Crippen LogP contribution in [0.5, 0.6) is 11.5 Å². The molecule has 0 bridgehead atoms. The summed E-state index contributed by atoms with van der Waals surface area (Å²) in [7, 11) is 1.44. The molecule has 156 valence electrons. The normalized spacial score (nSPS) is 13.9. The largest absolute Gasteiger partial charge is 0.496 e. The maximum Gasteiger partial charge on any atom is 0.422 e. The van der Waals surface area contributed by atoms with E-state index in [4.69, 9.17) is 9.47 Å². The van der Waals surface area contributed by atoms with Gasteiger partial charge in [0.25, 0.3) is 0 Å². The maximum absolute atomic E-state index is 12.6. The number of aliphatic hydroxyl groups excluding tert-OH is 1. The number of aromatic nitrogens is 3. The van der Waals surface area contributed by atoms with Crippen LogP contribution in [0.3, 0.4) is 0 Å². The number of imidazole rings is 1. The van der Waals surface area contributed by atoms with E-state index in [1.807, 2.05) is 12.3 Å². The molecule has 2 heterocycles. The summed E-state index contributed by atoms with van der Waals surface area (Å²) in [4.78, 5) is 12.1. The number of hydrogen-bond donors (Lipinski definition) is 2. The monoisotopic (exact) mass is 427 g/mol. The Morgan fingerprint density at radius 3 is 2.45 bits per heavy atom. The summed E-state index contributed by atoms with van der Waals surface area (Å²) in [5, 5.41) is 12.9. The highest BCUT2D eigenvalue weighted by Crippen LogP contribution is 2.44. The Morgan fingerprint density at radius 2 is 1.93 bits per heavy atom. The number of methoxy groups -OCH3 is 1. The van der Waals surface area contributed by atoms with Gasteiger partial charge in [0.05, 0.1) is 19.4 Å². The van der Waals surface area contributed by atoms with Gasteiger partial charge in [-0.2, -0.15) is 13.2 Å². The molecular weight excluding hydrogens is 407 g/mol. The molecule has 0 aliphatic heterocycles. The van der Waals surface area contributed by atoms with Crippen molar-refractivity contribution in [1.82, 2.24) is 15.0 Å². The number of ether oxygens (including phenoxy) is 2. The number of aromatic amines is 1. The zero-order valence-electron chi connectivity index (χ0n) is 16.0. The first-order chi connectivity index (χ1) is 13.7. The third-order valence-corrected chi connectivity index (χ3v) is 5.49. The van der Waals surface area contributed by atoms with Crippen LogP contribution in [0.25, 0.3) is 0 Å². The van der Waals surface area contributed by atoms with Crippen LogP contribution in [-0.4, -0.2) is 46.6 Å². The molecule has 2 aromatic heterocycles. The summed E-state index contributed by atoms with van der Waals surface area (Å²) in [6, 6.07) is 4.31. The summed E-state index contributed by atoms with van der Waals surface area (Å²) < 4.78 is 48.2. The Bertz CT molecular complexity index is 944. The van der Waals surface area contributed by atoms with Crippen LogP contribution in [0.1, 0.15) is 27.8 Å². The number of nitrogens with one attached hydrogen (secondary N) is 1. The molecule has 3 aromatic rings. The fourth-order valence-corrected chi connectivity index (χ4v) is 4.03. The topological polar surface area (TPSA) is 80.3 Å². The minimum atomic E-state index is -4.47. The number of nitrogens with zero attached hydrogens (tertiary/aromatic N) is 2. The zero-order chi connectivity index (χ0) is 21.2. The highest BCUT2D eigenvalue weighted by Gasteiger charge is 2.44. The molecule has 29 heavy (non-hydrogen) atoms. The van der Waals surface area contributed by atoms with Crippen molar-refractivity contribution in [2.24, 2.45) is 0 Å². The van der Waals surface area contributed by atoms with Crippen LogP contribution in [0.15, 0.2) is 29.8 Å². The van der Waals surface area contributed by atoms with E-state index in [1.54, 1.807) is 13.1 Å². The minimum absolute atomic E-state index is 0.00694. The molecule has 1 atom stereocenters. The van der Waals surface area contributed by atoms with E-state index in [0.29, 0.717) is 27.8 Å². The number of hydrogen-bond acceptors (Lipinski definition) is 6. The molecule has 0 fully saturated rings. The molecule has 0 radical (unpaired) electrons. The van der Waals surface area contributed by atoms with Gasteiger partial charge in [-0.05, 0) is 32.0 Å². The van der Waals surface area contributed by atoms with Crippen LogP contribution in [0, 0.1) is 13.8 Å². The lowest BCUT2D eigenvalue weighted by molar-refractivity contribution is -0.153. The maximum atomic E-state index is 12.6. The number of thiazole rings is 1. The smallest absolute Gasteiger partial charge is 0.422 e. The van der Waals surface area contributed by atoms with Crippen molar-refractivity contribution >= 4 is 11.3 Å². The third kappa shape index (κ3) is 4.23. The minimum Gasteiger partial charge on any atom is -0.496 e. The van der Waals surface area contributed by atoms with E-state index in [-0.39, 0.29) is 5.75 Å². The Balaban J connectivity index is 2.22. The van der Waals surface area contributed by atoms with Crippen LogP contribution in [0.4, 0.5) is 13.2 Å². The standard InChI is InChI=1S/C19H20F3N3O3S/c1-11-7-23-16(24-11)18(9-26,17-25-12(2)8-29-17)14-6-13(4-5-15(14)27-3)28-10-19(20,21)22/h4-8,26H,9-10H2,1-3H3,(H,23,24). The molecule has 0 aliphatic rings. The van der Waals surface area contributed by atoms with Crippen molar-refractivity contribution < 1.29 is 27.8 Å². The van der Waals surface area contributed by atoms with Gasteiger partial charge in [0.15, 0.2) is 6.61 Å². The molecule has 1 aromatic carbocycles. The Morgan fingerprint density at radius 1 is 1.17 bits per heavy atom. The van der Waals surface area contributed by atoms with E-state index in [1.165, 1.54) is 36.6 Å². The van der Waals surface area contributed by atoms with Gasteiger partial charge < -0.3 is 19.6 Å². The van der Waals surface area contributed by atoms with Crippen LogP contribution < -0.4 is 9.47 Å². The van der Waals surface area contributed by atoms with Crippen molar-refractivity contribution in [2.75, 3.05) is 20.3 Å². The number of alkyl halides is 3. The predicted molar refractivity (Wildman–Crippen MR) is 102 cm³/mol. The molecule has 6 nitrogen and oxygen atoms in total. The molecule has 0 saturated heterocycles. The van der Waals surface area contributed by atoms with Crippen LogP contribution in [0.2, 0.25) is 0 Å². The molecule has 1 unspecified atom stereocenters. The number of aliphatic hydroxyl groups is 1. The average molecular weight is 427 g/mol. The van der Waals surface area contributed by atoms with Gasteiger partial charge in [0, 0.05) is 22.8 Å². The summed E-state index contributed by atoms with van der Waals surface area (Å²) in [5.74, 6) is 0.756. The molecule has 0 saturated carbocycles. The predicted octanol–water partition coefficient (Wildman–Crippen LogP) is 3.76. The molecule has 0 aliphatic carbocycles. The lowest BCUT2D eigenvalue weighted by atomic mass is 9.80. The molecule has 10 heteroatoms. The summed E-state index contributed by atoms with van der Waals surface area (Å²) >= 11 is 1.32. The Labute approximate surface area is 169 Å². The van der Waals surface area contributed by atoms with Crippen molar-refractivity contribution in [1.29, 1.82) is 0 Å². The summed E-state index contributed by atoms with van der Waals surface area (Å²) in [6.07, 6.45) is -2.80. The summed E-state index contributed by atoms with van der Waals surface area (Å²) in [5.41, 5.74) is 0.561. The SMILES string of the molecule is COc1ccc(OCC(F)(F)F)cc1C(CO)(c1nc(C)c[nH]1)c1nc(C)cs1. The first-order valence-electron chi connectivity index (χ1n) is 8.63. The zero-order valence-corrected chi connectivity index (χ0v) is 16.8. The van der Waals surface area contributed by atoms with Crippen molar-refractivity contribution in [3.63, 3.8) is 0 Å². The van der Waals surface area contributed by atoms with Gasteiger partial charge in [-0.1, -0.05) is 0 Å². The van der Waals surface area contributed by atoms with E-state index < -0.39 is 24.8 Å². The number of H-pyrrole nitrogens is 1. The molecule has 0 amide bonds. The fourth-order valence-electron chi connectivity index (χ4n) is 3.03. The average Bonchev–Trinajstić information content (AvgIpc) is 3.30. The summed E-state index contributed by atoms with van der Waals surface area (Å²) in [6.45, 7) is 1.73. The Hall–Kier alpha value is -2.59. The number of aryl methyl sites for hydroxylation is 2. The molecule has 2 N–H and O–H groups in total. The lowest BCUT2D eigenvalue weighted by Crippen LogP contribution is -2.35. The lowest BCUT2D eigenvalue weighted by Gasteiger charge is -2.30. The van der Waals surface area contributed by atoms with Gasteiger partial charge in [-0.25, -0.2) is 9.97 Å². The number of halogens is 3. The highest BCUT2D eigenvalue weighted by atomic mass is 32.1.